The summed E-state index contributed by atoms with van der Waals surface area (Å²) in [4.78, 5) is 4.36. The zero-order valence-corrected chi connectivity index (χ0v) is 11.7. The monoisotopic (exact) mass is 284 g/mol. The summed E-state index contributed by atoms with van der Waals surface area (Å²) < 4.78 is 6.87. The van der Waals surface area contributed by atoms with Crippen LogP contribution >= 0.6 is 0 Å². The van der Waals surface area contributed by atoms with Gasteiger partial charge in [0.2, 0.25) is 5.89 Å². The second-order valence-corrected chi connectivity index (χ2v) is 4.90. The van der Waals surface area contributed by atoms with E-state index in [1.165, 1.54) is 0 Å². The van der Waals surface area contributed by atoms with Crippen LogP contribution in [0.15, 0.2) is 41.1 Å². The summed E-state index contributed by atoms with van der Waals surface area (Å²) in [6, 6.07) is 9.87. The van der Waals surface area contributed by atoms with Crippen molar-refractivity contribution in [1.82, 2.24) is 25.1 Å². The van der Waals surface area contributed by atoms with E-state index in [9.17, 15) is 0 Å². The topological polar surface area (TPSA) is 95.7 Å². The molecule has 2 heterocycles. The van der Waals surface area contributed by atoms with Gasteiger partial charge < -0.3 is 10.3 Å². The zero-order chi connectivity index (χ0) is 14.7. The van der Waals surface area contributed by atoms with Crippen molar-refractivity contribution in [1.29, 1.82) is 0 Å². The fraction of sp³-hybridized carbons (Fsp3) is 0.286. The molecule has 0 aliphatic carbocycles. The molecule has 108 valence electrons. The Kier molecular flexibility index (Phi) is 3.74. The molecule has 0 radical (unpaired) electrons. The first-order valence-corrected chi connectivity index (χ1v) is 6.71. The molecule has 0 aliphatic heterocycles. The van der Waals surface area contributed by atoms with Crippen LogP contribution in [0.4, 0.5) is 0 Å². The van der Waals surface area contributed by atoms with Crippen LogP contribution in [-0.2, 0) is 13.0 Å². The summed E-state index contributed by atoms with van der Waals surface area (Å²) in [6.07, 6.45) is 2.43. The van der Waals surface area contributed by atoms with Crippen LogP contribution in [0.2, 0.25) is 0 Å². The van der Waals surface area contributed by atoms with Gasteiger partial charge in [0.15, 0.2) is 5.82 Å². The van der Waals surface area contributed by atoms with Gasteiger partial charge in [-0.2, -0.15) is 4.98 Å². The van der Waals surface area contributed by atoms with Gasteiger partial charge in [0, 0.05) is 12.5 Å². The van der Waals surface area contributed by atoms with Crippen molar-refractivity contribution in [3.05, 3.63) is 59.5 Å². The Hall–Kier alpha value is -2.54. The SMILES string of the molecule is CC(N)c1cn(Cc2nc(Cc3ccccc3)no2)nn1. The predicted octanol–water partition coefficient (Wildman–Crippen LogP) is 1.32. The van der Waals surface area contributed by atoms with Crippen LogP contribution in [-0.4, -0.2) is 25.1 Å². The number of aromatic nitrogens is 5. The average Bonchev–Trinajstić information content (AvgIpc) is 3.10. The van der Waals surface area contributed by atoms with Crippen LogP contribution in [0, 0.1) is 0 Å². The van der Waals surface area contributed by atoms with Gasteiger partial charge in [-0.25, -0.2) is 4.68 Å². The van der Waals surface area contributed by atoms with Crippen molar-refractivity contribution in [2.45, 2.75) is 25.9 Å². The highest BCUT2D eigenvalue weighted by Gasteiger charge is 2.10. The third-order valence-electron chi connectivity index (χ3n) is 3.04. The number of hydrogen-bond donors (Lipinski definition) is 1. The van der Waals surface area contributed by atoms with Crippen LogP contribution in [0.3, 0.4) is 0 Å². The molecule has 1 unspecified atom stereocenters. The molecule has 2 N–H and O–H groups in total. The first-order valence-electron chi connectivity index (χ1n) is 6.71. The van der Waals surface area contributed by atoms with Crippen molar-refractivity contribution in [2.75, 3.05) is 0 Å². The standard InChI is InChI=1S/C14H16N6O/c1-10(15)12-8-20(19-17-12)9-14-16-13(18-21-14)7-11-5-3-2-4-6-11/h2-6,8,10H,7,9,15H2,1H3. The Morgan fingerprint density at radius 1 is 1.29 bits per heavy atom. The van der Waals surface area contributed by atoms with E-state index in [2.05, 4.69) is 20.5 Å². The molecule has 0 saturated carbocycles. The quantitative estimate of drug-likeness (QED) is 0.759. The van der Waals surface area contributed by atoms with Gasteiger partial charge in [0.25, 0.3) is 0 Å². The Bertz CT molecular complexity index is 703. The number of hydrogen-bond acceptors (Lipinski definition) is 6. The summed E-state index contributed by atoms with van der Waals surface area (Å²) in [5, 5.41) is 11.9. The third-order valence-corrected chi connectivity index (χ3v) is 3.04. The molecule has 7 nitrogen and oxygen atoms in total. The minimum atomic E-state index is -0.143. The highest BCUT2D eigenvalue weighted by molar-refractivity contribution is 5.18. The largest absolute Gasteiger partial charge is 0.337 e. The summed E-state index contributed by atoms with van der Waals surface area (Å²) in [5.74, 6) is 1.16. The Morgan fingerprint density at radius 2 is 2.10 bits per heavy atom. The normalized spacial score (nSPS) is 12.5. The van der Waals surface area contributed by atoms with Gasteiger partial charge in [0.1, 0.15) is 6.54 Å². The molecule has 1 atom stereocenters. The lowest BCUT2D eigenvalue weighted by molar-refractivity contribution is 0.360. The number of nitrogens with zero attached hydrogens (tertiary/aromatic N) is 5. The van der Waals surface area contributed by atoms with E-state index in [-0.39, 0.29) is 6.04 Å². The zero-order valence-electron chi connectivity index (χ0n) is 11.7. The highest BCUT2D eigenvalue weighted by Crippen LogP contribution is 2.08. The van der Waals surface area contributed by atoms with Crippen LogP contribution in [0.1, 0.15) is 35.9 Å². The van der Waals surface area contributed by atoms with E-state index in [4.69, 9.17) is 10.3 Å². The Morgan fingerprint density at radius 3 is 2.81 bits per heavy atom. The maximum atomic E-state index is 5.74. The van der Waals surface area contributed by atoms with Crippen LogP contribution < -0.4 is 5.73 Å². The smallest absolute Gasteiger partial charge is 0.248 e. The van der Waals surface area contributed by atoms with Gasteiger partial charge in [-0.3, -0.25) is 0 Å². The van der Waals surface area contributed by atoms with Crippen LogP contribution in [0.5, 0.6) is 0 Å². The van der Waals surface area contributed by atoms with Gasteiger partial charge in [-0.05, 0) is 12.5 Å². The first kappa shape index (κ1) is 13.4. The van der Waals surface area contributed by atoms with Gasteiger partial charge >= 0.3 is 0 Å². The first-order chi connectivity index (χ1) is 10.2. The summed E-state index contributed by atoms with van der Waals surface area (Å²) in [5.41, 5.74) is 7.62. The maximum Gasteiger partial charge on any atom is 0.248 e. The molecule has 0 fully saturated rings. The predicted molar refractivity (Wildman–Crippen MR) is 75.3 cm³/mol. The molecule has 21 heavy (non-hydrogen) atoms. The van der Waals surface area contributed by atoms with Gasteiger partial charge in [0.05, 0.1) is 11.9 Å². The van der Waals surface area contributed by atoms with Gasteiger partial charge in [-0.15, -0.1) is 5.10 Å². The number of rotatable bonds is 5. The minimum absolute atomic E-state index is 0.143. The Balaban J connectivity index is 1.67. The Labute approximate surface area is 121 Å². The molecule has 2 aromatic heterocycles. The van der Waals surface area contributed by atoms with Crippen molar-refractivity contribution >= 4 is 0 Å². The lowest BCUT2D eigenvalue weighted by Crippen LogP contribution is -2.05. The molecule has 0 spiro atoms. The maximum absolute atomic E-state index is 5.74. The molecule has 0 bridgehead atoms. The van der Waals surface area contributed by atoms with Crippen molar-refractivity contribution in [3.8, 4) is 0 Å². The fourth-order valence-electron chi connectivity index (χ4n) is 1.94. The van der Waals surface area contributed by atoms with Crippen molar-refractivity contribution in [3.63, 3.8) is 0 Å². The highest BCUT2D eigenvalue weighted by atomic mass is 16.5. The average molecular weight is 284 g/mol. The summed E-state index contributed by atoms with van der Waals surface area (Å²) >= 11 is 0. The van der Waals surface area contributed by atoms with Gasteiger partial charge in [-0.1, -0.05) is 40.7 Å². The minimum Gasteiger partial charge on any atom is -0.337 e. The summed E-state index contributed by atoms with van der Waals surface area (Å²) in [6.45, 7) is 2.25. The van der Waals surface area contributed by atoms with E-state index in [1.807, 2.05) is 37.3 Å². The fourth-order valence-corrected chi connectivity index (χ4v) is 1.94. The summed E-state index contributed by atoms with van der Waals surface area (Å²) in [7, 11) is 0. The van der Waals surface area contributed by atoms with E-state index in [0.29, 0.717) is 24.7 Å². The van der Waals surface area contributed by atoms with Crippen molar-refractivity contribution in [2.24, 2.45) is 5.73 Å². The molecule has 1 aromatic carbocycles. The molecule has 0 amide bonds. The van der Waals surface area contributed by atoms with E-state index < -0.39 is 0 Å². The van der Waals surface area contributed by atoms with Crippen LogP contribution in [0.25, 0.3) is 0 Å². The van der Waals surface area contributed by atoms with E-state index in [0.717, 1.165) is 11.3 Å². The molecular weight excluding hydrogens is 268 g/mol. The molecule has 3 rings (SSSR count). The van der Waals surface area contributed by atoms with E-state index in [1.54, 1.807) is 10.9 Å². The molecule has 0 aliphatic rings. The molecule has 0 saturated heterocycles. The number of benzene rings is 1. The van der Waals surface area contributed by atoms with E-state index >= 15 is 0 Å². The lowest BCUT2D eigenvalue weighted by atomic mass is 10.1. The molecule has 3 aromatic rings. The molecule has 7 heteroatoms. The lowest BCUT2D eigenvalue weighted by Gasteiger charge is -1.96. The third kappa shape index (κ3) is 3.32. The second-order valence-electron chi connectivity index (χ2n) is 4.90. The number of nitrogens with two attached hydrogens (primary N) is 1. The van der Waals surface area contributed by atoms with Crippen molar-refractivity contribution < 1.29 is 4.52 Å². The second kappa shape index (κ2) is 5.84. The molecular formula is C14H16N6O.